The summed E-state index contributed by atoms with van der Waals surface area (Å²) in [5, 5.41) is 15.2. The molecule has 0 aliphatic heterocycles. The Bertz CT molecular complexity index is 583. The molecule has 5 heteroatoms. The smallest absolute Gasteiger partial charge is 0.404 e. The molecule has 1 amide bonds. The van der Waals surface area contributed by atoms with Gasteiger partial charge in [-0.15, -0.1) is 12.4 Å². The van der Waals surface area contributed by atoms with Crippen molar-refractivity contribution in [3.05, 3.63) is 41.5 Å². The first kappa shape index (κ1) is 19.8. The Hall–Kier alpha value is -1.52. The van der Waals surface area contributed by atoms with E-state index >= 15 is 0 Å². The molecule has 4 nitrogen and oxygen atoms in total. The van der Waals surface area contributed by atoms with E-state index in [9.17, 15) is 4.79 Å². The second-order valence-electron chi connectivity index (χ2n) is 7.10. The molecule has 2 fully saturated rings. The monoisotopic (exact) mass is 364 g/mol. The van der Waals surface area contributed by atoms with E-state index < -0.39 is 6.09 Å². The molecule has 25 heavy (non-hydrogen) atoms. The van der Waals surface area contributed by atoms with Crippen molar-refractivity contribution < 1.29 is 9.90 Å². The SMILES string of the molecule is CCC(=Cc1ccccc1)C1C[C@@H]1NC1CCC(NC(=O)O)CC1.Cl. The first-order chi connectivity index (χ1) is 11.7. The number of halogens is 1. The lowest BCUT2D eigenvalue weighted by Crippen LogP contribution is -2.42. The maximum Gasteiger partial charge on any atom is 0.404 e. The summed E-state index contributed by atoms with van der Waals surface area (Å²) in [6.45, 7) is 2.24. The van der Waals surface area contributed by atoms with E-state index in [-0.39, 0.29) is 18.4 Å². The fourth-order valence-corrected chi connectivity index (χ4v) is 3.91. The standard InChI is InChI=1S/C20H28N2O2.ClH/c1-2-15(12-14-6-4-3-5-7-14)18-13-19(18)21-16-8-10-17(11-9-16)22-20(23)24;/h3-7,12,16-19,21-22H,2,8-11,13H2,1H3,(H,23,24);1H/t16?,17?,18?,19-;/m0./s1. The van der Waals surface area contributed by atoms with Gasteiger partial charge in [0.1, 0.15) is 0 Å². The molecule has 138 valence electrons. The van der Waals surface area contributed by atoms with E-state index in [0.717, 1.165) is 32.1 Å². The zero-order valence-corrected chi connectivity index (χ0v) is 15.6. The molecule has 1 aromatic rings. The van der Waals surface area contributed by atoms with Gasteiger partial charge in [-0.05, 0) is 50.0 Å². The third-order valence-electron chi connectivity index (χ3n) is 5.33. The van der Waals surface area contributed by atoms with Crippen molar-refractivity contribution >= 4 is 24.6 Å². The predicted molar refractivity (Wildman–Crippen MR) is 104 cm³/mol. The summed E-state index contributed by atoms with van der Waals surface area (Å²) in [6, 6.07) is 11.8. The maximum atomic E-state index is 10.7. The summed E-state index contributed by atoms with van der Waals surface area (Å²) >= 11 is 0. The molecular formula is C20H29ClN2O2. The average Bonchev–Trinajstić information content (AvgIpc) is 3.34. The van der Waals surface area contributed by atoms with Gasteiger partial charge in [0, 0.05) is 18.1 Å². The molecule has 3 rings (SSSR count). The molecule has 0 spiro atoms. The maximum absolute atomic E-state index is 10.7. The number of carbonyl (C=O) groups is 1. The molecule has 1 aromatic carbocycles. The van der Waals surface area contributed by atoms with Gasteiger partial charge in [0.05, 0.1) is 0 Å². The molecule has 0 radical (unpaired) electrons. The fraction of sp³-hybridized carbons (Fsp3) is 0.550. The minimum atomic E-state index is -0.896. The number of benzene rings is 1. The lowest BCUT2D eigenvalue weighted by molar-refractivity contribution is 0.183. The molecule has 2 saturated carbocycles. The van der Waals surface area contributed by atoms with Gasteiger partial charge in [0.2, 0.25) is 0 Å². The minimum Gasteiger partial charge on any atom is -0.465 e. The number of carboxylic acid groups (broad SMARTS) is 1. The Labute approximate surface area is 156 Å². The first-order valence-corrected chi connectivity index (χ1v) is 9.16. The van der Waals surface area contributed by atoms with Gasteiger partial charge in [-0.3, -0.25) is 0 Å². The summed E-state index contributed by atoms with van der Waals surface area (Å²) in [5.41, 5.74) is 2.83. The van der Waals surface area contributed by atoms with Crippen molar-refractivity contribution in [1.82, 2.24) is 10.6 Å². The van der Waals surface area contributed by atoms with Crippen molar-refractivity contribution in [1.29, 1.82) is 0 Å². The van der Waals surface area contributed by atoms with E-state index in [1.54, 1.807) is 5.57 Å². The van der Waals surface area contributed by atoms with Crippen LogP contribution in [-0.4, -0.2) is 29.3 Å². The molecule has 2 atom stereocenters. The molecule has 3 N–H and O–H groups in total. The number of rotatable bonds is 6. The number of amides is 1. The molecule has 0 aromatic heterocycles. The average molecular weight is 365 g/mol. The highest BCUT2D eigenvalue weighted by molar-refractivity contribution is 5.85. The largest absolute Gasteiger partial charge is 0.465 e. The normalized spacial score (nSPS) is 28.8. The van der Waals surface area contributed by atoms with Crippen LogP contribution in [0.2, 0.25) is 0 Å². The second kappa shape index (κ2) is 9.25. The van der Waals surface area contributed by atoms with Gasteiger partial charge in [-0.25, -0.2) is 4.79 Å². The molecule has 0 bridgehead atoms. The van der Waals surface area contributed by atoms with Crippen LogP contribution in [0.4, 0.5) is 4.79 Å². The van der Waals surface area contributed by atoms with Crippen molar-refractivity contribution in [2.24, 2.45) is 5.92 Å². The van der Waals surface area contributed by atoms with Gasteiger partial charge >= 0.3 is 6.09 Å². The molecular weight excluding hydrogens is 336 g/mol. The van der Waals surface area contributed by atoms with Crippen LogP contribution in [0.5, 0.6) is 0 Å². The Morgan fingerprint density at radius 2 is 1.80 bits per heavy atom. The third-order valence-corrected chi connectivity index (χ3v) is 5.33. The van der Waals surface area contributed by atoms with Gasteiger partial charge in [-0.1, -0.05) is 48.9 Å². The Kier molecular flexibility index (Phi) is 7.33. The van der Waals surface area contributed by atoms with Crippen molar-refractivity contribution in [2.75, 3.05) is 0 Å². The lowest BCUT2D eigenvalue weighted by Gasteiger charge is -2.29. The van der Waals surface area contributed by atoms with Crippen LogP contribution in [0, 0.1) is 5.92 Å². The highest BCUT2D eigenvalue weighted by atomic mass is 35.5. The van der Waals surface area contributed by atoms with Crippen LogP contribution in [0.15, 0.2) is 35.9 Å². The van der Waals surface area contributed by atoms with Gasteiger partial charge in [0.25, 0.3) is 0 Å². The molecule has 2 aliphatic rings. The van der Waals surface area contributed by atoms with Crippen LogP contribution in [-0.2, 0) is 0 Å². The van der Waals surface area contributed by atoms with Crippen LogP contribution >= 0.6 is 12.4 Å². The van der Waals surface area contributed by atoms with E-state index in [1.165, 1.54) is 12.0 Å². The van der Waals surface area contributed by atoms with E-state index in [0.29, 0.717) is 18.0 Å². The quantitative estimate of drug-likeness (QED) is 0.698. The lowest BCUT2D eigenvalue weighted by atomic mass is 9.91. The van der Waals surface area contributed by atoms with Gasteiger partial charge in [-0.2, -0.15) is 0 Å². The number of nitrogens with one attached hydrogen (secondary N) is 2. The van der Waals surface area contributed by atoms with E-state index in [1.807, 2.05) is 0 Å². The molecule has 0 saturated heterocycles. The second-order valence-corrected chi connectivity index (χ2v) is 7.10. The molecule has 2 aliphatic carbocycles. The number of hydrogen-bond acceptors (Lipinski definition) is 2. The summed E-state index contributed by atoms with van der Waals surface area (Å²) in [7, 11) is 0. The Balaban J connectivity index is 0.00000225. The highest BCUT2D eigenvalue weighted by Crippen LogP contribution is 2.40. The van der Waals surface area contributed by atoms with Crippen LogP contribution < -0.4 is 10.6 Å². The summed E-state index contributed by atoms with van der Waals surface area (Å²) in [4.78, 5) is 10.7. The van der Waals surface area contributed by atoms with Gasteiger partial charge < -0.3 is 15.7 Å². The summed E-state index contributed by atoms with van der Waals surface area (Å²) in [6.07, 6.45) is 7.82. The van der Waals surface area contributed by atoms with Gasteiger partial charge in [0.15, 0.2) is 0 Å². The van der Waals surface area contributed by atoms with Crippen molar-refractivity contribution in [2.45, 2.75) is 63.6 Å². The topological polar surface area (TPSA) is 61.4 Å². The predicted octanol–water partition coefficient (Wildman–Crippen LogP) is 4.46. The van der Waals surface area contributed by atoms with Crippen molar-refractivity contribution in [3.8, 4) is 0 Å². The van der Waals surface area contributed by atoms with Crippen LogP contribution in [0.1, 0.15) is 51.0 Å². The number of hydrogen-bond donors (Lipinski definition) is 3. The zero-order valence-electron chi connectivity index (χ0n) is 14.8. The molecule has 1 unspecified atom stereocenters. The highest BCUT2D eigenvalue weighted by Gasteiger charge is 2.40. The van der Waals surface area contributed by atoms with Crippen LogP contribution in [0.25, 0.3) is 6.08 Å². The first-order valence-electron chi connectivity index (χ1n) is 9.16. The Morgan fingerprint density at radius 3 is 2.40 bits per heavy atom. The summed E-state index contributed by atoms with van der Waals surface area (Å²) in [5.74, 6) is 0.671. The zero-order chi connectivity index (χ0) is 16.9. The van der Waals surface area contributed by atoms with Crippen molar-refractivity contribution in [3.63, 3.8) is 0 Å². The Morgan fingerprint density at radius 1 is 1.16 bits per heavy atom. The minimum absolute atomic E-state index is 0. The fourth-order valence-electron chi connectivity index (χ4n) is 3.91. The van der Waals surface area contributed by atoms with Crippen LogP contribution in [0.3, 0.4) is 0 Å². The van der Waals surface area contributed by atoms with E-state index in [4.69, 9.17) is 5.11 Å². The van der Waals surface area contributed by atoms with E-state index in [2.05, 4.69) is 54.0 Å². The summed E-state index contributed by atoms with van der Waals surface area (Å²) < 4.78 is 0. The molecule has 0 heterocycles. The third kappa shape index (κ3) is 5.75.